The van der Waals surface area contributed by atoms with Gasteiger partial charge in [0.05, 0.1) is 23.9 Å². The SMILES string of the molecule is COC1CNC(C(=O)c2ccncc2F)C1. The van der Waals surface area contributed by atoms with Gasteiger partial charge in [0.2, 0.25) is 0 Å². The van der Waals surface area contributed by atoms with Crippen LogP contribution < -0.4 is 5.32 Å². The molecule has 0 bridgehead atoms. The van der Waals surface area contributed by atoms with Crippen LogP contribution in [0.2, 0.25) is 0 Å². The van der Waals surface area contributed by atoms with Crippen molar-refractivity contribution in [3.63, 3.8) is 0 Å². The lowest BCUT2D eigenvalue weighted by molar-refractivity contribution is 0.0915. The molecular formula is C11H13FN2O2. The van der Waals surface area contributed by atoms with Crippen LogP contribution in [0.3, 0.4) is 0 Å². The molecule has 1 saturated heterocycles. The highest BCUT2D eigenvalue weighted by Crippen LogP contribution is 2.16. The number of pyridine rings is 1. The molecule has 1 aromatic heterocycles. The minimum Gasteiger partial charge on any atom is -0.380 e. The Labute approximate surface area is 92.8 Å². The summed E-state index contributed by atoms with van der Waals surface area (Å²) in [5, 5.41) is 3.02. The largest absolute Gasteiger partial charge is 0.380 e. The van der Waals surface area contributed by atoms with Crippen molar-refractivity contribution in [2.45, 2.75) is 18.6 Å². The summed E-state index contributed by atoms with van der Waals surface area (Å²) in [6.07, 6.45) is 3.07. The minimum atomic E-state index is -0.574. The third kappa shape index (κ3) is 2.10. The highest BCUT2D eigenvalue weighted by molar-refractivity contribution is 6.00. The molecule has 1 aromatic rings. The first kappa shape index (κ1) is 11.2. The van der Waals surface area contributed by atoms with E-state index in [0.717, 1.165) is 6.20 Å². The monoisotopic (exact) mass is 224 g/mol. The average molecular weight is 224 g/mol. The Morgan fingerprint density at radius 1 is 1.69 bits per heavy atom. The maximum atomic E-state index is 13.3. The molecule has 0 aromatic carbocycles. The number of ketones is 1. The molecule has 1 fully saturated rings. The van der Waals surface area contributed by atoms with Crippen molar-refractivity contribution >= 4 is 5.78 Å². The topological polar surface area (TPSA) is 51.2 Å². The summed E-state index contributed by atoms with van der Waals surface area (Å²) in [5.74, 6) is -0.811. The summed E-state index contributed by atoms with van der Waals surface area (Å²) >= 11 is 0. The first-order valence-corrected chi connectivity index (χ1v) is 5.12. The van der Waals surface area contributed by atoms with Gasteiger partial charge < -0.3 is 10.1 Å². The summed E-state index contributed by atoms with van der Waals surface area (Å²) in [5.41, 5.74) is 0.0873. The van der Waals surface area contributed by atoms with E-state index in [1.165, 1.54) is 12.3 Å². The fourth-order valence-corrected chi connectivity index (χ4v) is 1.85. The number of aromatic nitrogens is 1. The summed E-state index contributed by atoms with van der Waals surface area (Å²) in [6, 6.07) is 1.04. The van der Waals surface area contributed by atoms with E-state index >= 15 is 0 Å². The lowest BCUT2D eigenvalue weighted by Crippen LogP contribution is -2.31. The zero-order valence-corrected chi connectivity index (χ0v) is 8.94. The quantitative estimate of drug-likeness (QED) is 0.771. The molecular weight excluding hydrogens is 211 g/mol. The zero-order valence-electron chi connectivity index (χ0n) is 8.94. The lowest BCUT2D eigenvalue weighted by atomic mass is 10.0. The number of nitrogens with one attached hydrogen (secondary N) is 1. The fourth-order valence-electron chi connectivity index (χ4n) is 1.85. The highest BCUT2D eigenvalue weighted by atomic mass is 19.1. The second kappa shape index (κ2) is 4.67. The maximum absolute atomic E-state index is 13.3. The molecule has 2 unspecified atom stereocenters. The van der Waals surface area contributed by atoms with Gasteiger partial charge in [0.25, 0.3) is 0 Å². The third-order valence-electron chi connectivity index (χ3n) is 2.78. The van der Waals surface area contributed by atoms with Gasteiger partial charge in [-0.1, -0.05) is 0 Å². The highest BCUT2D eigenvalue weighted by Gasteiger charge is 2.30. The van der Waals surface area contributed by atoms with E-state index in [0.29, 0.717) is 13.0 Å². The molecule has 1 aliphatic heterocycles. The smallest absolute Gasteiger partial charge is 0.182 e. The first-order chi connectivity index (χ1) is 7.72. The van der Waals surface area contributed by atoms with E-state index in [2.05, 4.69) is 10.3 Å². The molecule has 1 N–H and O–H groups in total. The molecule has 2 heterocycles. The molecule has 16 heavy (non-hydrogen) atoms. The molecule has 0 spiro atoms. The number of methoxy groups -OCH3 is 1. The molecule has 0 amide bonds. The number of hydrogen-bond donors (Lipinski definition) is 1. The third-order valence-corrected chi connectivity index (χ3v) is 2.78. The Hall–Kier alpha value is -1.33. The van der Waals surface area contributed by atoms with Crippen LogP contribution in [0.15, 0.2) is 18.5 Å². The van der Waals surface area contributed by atoms with Crippen molar-refractivity contribution in [1.29, 1.82) is 0 Å². The number of hydrogen-bond acceptors (Lipinski definition) is 4. The van der Waals surface area contributed by atoms with E-state index in [1.807, 2.05) is 0 Å². The molecule has 1 aliphatic rings. The molecule has 0 radical (unpaired) electrons. The van der Waals surface area contributed by atoms with Crippen LogP contribution in [-0.2, 0) is 4.74 Å². The van der Waals surface area contributed by atoms with Crippen LogP contribution in [0.5, 0.6) is 0 Å². The fraction of sp³-hybridized carbons (Fsp3) is 0.455. The van der Waals surface area contributed by atoms with Crippen LogP contribution >= 0.6 is 0 Å². The van der Waals surface area contributed by atoms with Gasteiger partial charge in [0.1, 0.15) is 0 Å². The Balaban J connectivity index is 2.12. The van der Waals surface area contributed by atoms with Crippen LogP contribution in [0.25, 0.3) is 0 Å². The van der Waals surface area contributed by atoms with Crippen molar-refractivity contribution < 1.29 is 13.9 Å². The summed E-state index contributed by atoms with van der Waals surface area (Å²) < 4.78 is 18.5. The van der Waals surface area contributed by atoms with Gasteiger partial charge in [0, 0.05) is 19.9 Å². The van der Waals surface area contributed by atoms with Crippen molar-refractivity contribution in [3.8, 4) is 0 Å². The predicted octanol–water partition coefficient (Wildman–Crippen LogP) is 0.780. The maximum Gasteiger partial charge on any atom is 0.182 e. The molecule has 4 nitrogen and oxygen atoms in total. The number of rotatable bonds is 3. The van der Waals surface area contributed by atoms with E-state index in [4.69, 9.17) is 4.74 Å². The lowest BCUT2D eigenvalue weighted by Gasteiger charge is -2.09. The van der Waals surface area contributed by atoms with Gasteiger partial charge in [-0.15, -0.1) is 0 Å². The van der Waals surface area contributed by atoms with Gasteiger partial charge in [-0.2, -0.15) is 0 Å². The Morgan fingerprint density at radius 3 is 3.12 bits per heavy atom. The Kier molecular flexibility index (Phi) is 3.26. The van der Waals surface area contributed by atoms with Crippen molar-refractivity contribution in [2.75, 3.05) is 13.7 Å². The summed E-state index contributed by atoms with van der Waals surface area (Å²) in [6.45, 7) is 0.625. The average Bonchev–Trinajstić information content (AvgIpc) is 2.77. The second-order valence-corrected chi connectivity index (χ2v) is 3.77. The van der Waals surface area contributed by atoms with Crippen molar-refractivity contribution in [1.82, 2.24) is 10.3 Å². The number of carbonyl (C=O) groups is 1. The normalized spacial score (nSPS) is 24.6. The molecule has 0 saturated carbocycles. The number of Topliss-reactive ketones (excluding diaryl/α,β-unsaturated/α-hetero) is 1. The van der Waals surface area contributed by atoms with Crippen LogP contribution in [0.4, 0.5) is 4.39 Å². The van der Waals surface area contributed by atoms with Crippen LogP contribution in [0, 0.1) is 5.82 Å². The van der Waals surface area contributed by atoms with Crippen LogP contribution in [-0.4, -0.2) is 36.6 Å². The number of halogens is 1. The second-order valence-electron chi connectivity index (χ2n) is 3.77. The van der Waals surface area contributed by atoms with Crippen molar-refractivity contribution in [2.24, 2.45) is 0 Å². The van der Waals surface area contributed by atoms with Gasteiger partial charge in [-0.3, -0.25) is 9.78 Å². The predicted molar refractivity (Wildman–Crippen MR) is 55.7 cm³/mol. The first-order valence-electron chi connectivity index (χ1n) is 5.12. The number of carbonyl (C=O) groups excluding carboxylic acids is 1. The zero-order chi connectivity index (χ0) is 11.5. The molecule has 0 aliphatic carbocycles. The van der Waals surface area contributed by atoms with Crippen LogP contribution in [0.1, 0.15) is 16.8 Å². The van der Waals surface area contributed by atoms with Gasteiger partial charge in [0.15, 0.2) is 11.6 Å². The van der Waals surface area contributed by atoms with E-state index in [9.17, 15) is 9.18 Å². The summed E-state index contributed by atoms with van der Waals surface area (Å²) in [7, 11) is 1.60. The Morgan fingerprint density at radius 2 is 2.50 bits per heavy atom. The number of nitrogens with zero attached hydrogens (tertiary/aromatic N) is 1. The van der Waals surface area contributed by atoms with Crippen molar-refractivity contribution in [3.05, 3.63) is 29.8 Å². The number of ether oxygens (including phenoxy) is 1. The van der Waals surface area contributed by atoms with E-state index in [1.54, 1.807) is 7.11 Å². The molecule has 86 valence electrons. The Bertz CT molecular complexity index is 397. The van der Waals surface area contributed by atoms with E-state index in [-0.39, 0.29) is 23.5 Å². The summed E-state index contributed by atoms with van der Waals surface area (Å²) in [4.78, 5) is 15.6. The minimum absolute atomic E-state index is 0.0267. The molecule has 2 rings (SSSR count). The van der Waals surface area contributed by atoms with Gasteiger partial charge in [-0.05, 0) is 12.5 Å². The van der Waals surface area contributed by atoms with E-state index < -0.39 is 5.82 Å². The standard InChI is InChI=1S/C11H13FN2O2/c1-16-7-4-10(14-5-7)11(15)8-2-3-13-6-9(8)12/h2-3,6-7,10,14H,4-5H2,1H3. The van der Waals surface area contributed by atoms with Gasteiger partial charge >= 0.3 is 0 Å². The van der Waals surface area contributed by atoms with Gasteiger partial charge in [-0.25, -0.2) is 4.39 Å². The molecule has 2 atom stereocenters. The molecule has 5 heteroatoms.